The minimum Gasteiger partial charge on any atom is -0.488 e. The summed E-state index contributed by atoms with van der Waals surface area (Å²) in [6.45, 7) is 5.47. The maximum absolute atomic E-state index is 13.6. The molecule has 2 saturated heterocycles. The zero-order chi connectivity index (χ0) is 29.4. The summed E-state index contributed by atoms with van der Waals surface area (Å²) < 4.78 is 40.0. The number of likely N-dealkylation sites (N-methyl/N-ethyl adjacent to an activating group) is 1. The standard InChI is InChI=1S/C31H34BrF2N5O3/c1-3-41-30-22(5-4-11-35-30)24-7-9-26(27(37-24)29(40)36-20-10-12-38(2)16-20)42-21-14-31(15-21)17-39(18-31)25-8-6-19(32)13-23(25)28(33)34/h4-9,11,13,20-21,28H,3,10,12,14-18H2,1-2H3,(H,36,40). The Hall–Kier alpha value is -3.31. The summed E-state index contributed by atoms with van der Waals surface area (Å²) in [6.07, 6.45) is 1.50. The number of nitrogens with zero attached hydrogens (tertiary/aromatic N) is 4. The van der Waals surface area contributed by atoms with E-state index in [4.69, 9.17) is 14.5 Å². The molecule has 8 nitrogen and oxygen atoms in total. The maximum atomic E-state index is 13.6. The third kappa shape index (κ3) is 5.81. The monoisotopic (exact) mass is 641 g/mol. The molecule has 6 rings (SSSR count). The molecule has 1 aromatic carbocycles. The molecule has 3 aromatic rings. The van der Waals surface area contributed by atoms with Gasteiger partial charge >= 0.3 is 0 Å². The number of carbonyl (C=O) groups is 1. The van der Waals surface area contributed by atoms with Crippen LogP contribution in [-0.2, 0) is 0 Å². The molecule has 1 aliphatic carbocycles. The minimum atomic E-state index is -2.53. The molecule has 222 valence electrons. The Labute approximate surface area is 252 Å². The molecule has 3 fully saturated rings. The fourth-order valence-corrected chi connectivity index (χ4v) is 6.73. The van der Waals surface area contributed by atoms with Crippen LogP contribution in [-0.4, -0.2) is 72.8 Å². The third-order valence-electron chi connectivity index (χ3n) is 8.36. The molecule has 1 atom stereocenters. The fraction of sp³-hybridized carbons (Fsp3) is 0.452. The molecular weight excluding hydrogens is 608 g/mol. The van der Waals surface area contributed by atoms with Crippen LogP contribution in [0.15, 0.2) is 53.1 Å². The first kappa shape index (κ1) is 28.8. The molecule has 11 heteroatoms. The van der Waals surface area contributed by atoms with E-state index in [2.05, 4.69) is 31.1 Å². The zero-order valence-corrected chi connectivity index (χ0v) is 25.2. The van der Waals surface area contributed by atoms with E-state index >= 15 is 0 Å². The van der Waals surface area contributed by atoms with Crippen molar-refractivity contribution in [3.8, 4) is 22.9 Å². The Morgan fingerprint density at radius 3 is 2.74 bits per heavy atom. The summed E-state index contributed by atoms with van der Waals surface area (Å²) in [4.78, 5) is 26.8. The molecule has 3 aliphatic rings. The van der Waals surface area contributed by atoms with Gasteiger partial charge < -0.3 is 24.6 Å². The first-order valence-electron chi connectivity index (χ1n) is 14.3. The number of nitrogens with one attached hydrogen (secondary N) is 1. The molecule has 1 amide bonds. The van der Waals surface area contributed by atoms with Crippen LogP contribution < -0.4 is 19.7 Å². The summed E-state index contributed by atoms with van der Waals surface area (Å²) in [7, 11) is 2.04. The van der Waals surface area contributed by atoms with Crippen molar-refractivity contribution in [3.05, 3.63) is 64.4 Å². The number of alkyl halides is 2. The van der Waals surface area contributed by atoms with E-state index in [-0.39, 0.29) is 34.7 Å². The smallest absolute Gasteiger partial charge is 0.274 e. The Morgan fingerprint density at radius 2 is 2.02 bits per heavy atom. The van der Waals surface area contributed by atoms with Crippen molar-refractivity contribution in [3.63, 3.8) is 0 Å². The van der Waals surface area contributed by atoms with Gasteiger partial charge in [-0.05, 0) is 82.2 Å². The van der Waals surface area contributed by atoms with E-state index in [0.29, 0.717) is 52.7 Å². The summed E-state index contributed by atoms with van der Waals surface area (Å²) in [5.41, 5.74) is 2.18. The predicted octanol–water partition coefficient (Wildman–Crippen LogP) is 5.72. The summed E-state index contributed by atoms with van der Waals surface area (Å²) in [6, 6.07) is 12.4. The number of anilines is 1. The highest BCUT2D eigenvalue weighted by molar-refractivity contribution is 9.10. The predicted molar refractivity (Wildman–Crippen MR) is 159 cm³/mol. The van der Waals surface area contributed by atoms with Crippen molar-refractivity contribution in [2.45, 2.75) is 44.8 Å². The number of likely N-dealkylation sites (tertiary alicyclic amines) is 1. The van der Waals surface area contributed by atoms with Crippen molar-refractivity contribution >= 4 is 27.5 Å². The van der Waals surface area contributed by atoms with Crippen molar-refractivity contribution in [2.75, 3.05) is 44.7 Å². The lowest BCUT2D eigenvalue weighted by Gasteiger charge is -2.59. The van der Waals surface area contributed by atoms with Crippen LogP contribution in [0.2, 0.25) is 0 Å². The molecule has 2 aromatic heterocycles. The third-order valence-corrected chi connectivity index (χ3v) is 8.85. The number of hydrogen-bond acceptors (Lipinski definition) is 7. The second kappa shape index (κ2) is 11.8. The second-order valence-electron chi connectivity index (χ2n) is 11.6. The molecular formula is C31H34BrF2N5O3. The van der Waals surface area contributed by atoms with E-state index in [0.717, 1.165) is 32.4 Å². The molecule has 4 heterocycles. The van der Waals surface area contributed by atoms with Gasteiger partial charge in [-0.15, -0.1) is 0 Å². The van der Waals surface area contributed by atoms with E-state index < -0.39 is 6.43 Å². The Morgan fingerprint density at radius 1 is 1.21 bits per heavy atom. The number of amides is 1. The molecule has 2 aliphatic heterocycles. The van der Waals surface area contributed by atoms with Crippen LogP contribution in [0.3, 0.4) is 0 Å². The normalized spacial score (nSPS) is 20.0. The highest BCUT2D eigenvalue weighted by atomic mass is 79.9. The van der Waals surface area contributed by atoms with Gasteiger partial charge in [0, 0.05) is 53.0 Å². The zero-order valence-electron chi connectivity index (χ0n) is 23.7. The molecule has 42 heavy (non-hydrogen) atoms. The Kier molecular flexibility index (Phi) is 8.06. The van der Waals surface area contributed by atoms with Gasteiger partial charge in [0.05, 0.1) is 17.9 Å². The number of pyridine rings is 2. The average Bonchev–Trinajstić information content (AvgIpc) is 3.34. The molecule has 1 unspecified atom stereocenters. The number of ether oxygens (including phenoxy) is 2. The van der Waals surface area contributed by atoms with Crippen LogP contribution in [0.25, 0.3) is 11.3 Å². The summed E-state index contributed by atoms with van der Waals surface area (Å²) in [5.74, 6) is 0.627. The summed E-state index contributed by atoms with van der Waals surface area (Å²) >= 11 is 3.30. The first-order valence-corrected chi connectivity index (χ1v) is 15.1. The van der Waals surface area contributed by atoms with Gasteiger partial charge in [-0.25, -0.2) is 18.7 Å². The molecule has 1 spiro atoms. The van der Waals surface area contributed by atoms with Gasteiger partial charge in [0.25, 0.3) is 12.3 Å². The van der Waals surface area contributed by atoms with Crippen LogP contribution in [0, 0.1) is 5.41 Å². The number of halogens is 3. The highest BCUT2D eigenvalue weighted by Crippen LogP contribution is 2.52. The van der Waals surface area contributed by atoms with E-state index in [1.54, 1.807) is 24.4 Å². The van der Waals surface area contributed by atoms with Crippen molar-refractivity contribution in [1.82, 2.24) is 20.2 Å². The summed E-state index contributed by atoms with van der Waals surface area (Å²) in [5, 5.41) is 3.13. The number of benzene rings is 1. The van der Waals surface area contributed by atoms with E-state index in [1.807, 2.05) is 37.1 Å². The quantitative estimate of drug-likeness (QED) is 0.320. The topological polar surface area (TPSA) is 79.8 Å². The SMILES string of the molecule is CCOc1ncccc1-c1ccc(OC2CC3(C2)CN(c2ccc(Br)cc2C(F)F)C3)c(C(=O)NC2CCN(C)C2)n1. The van der Waals surface area contributed by atoms with Gasteiger partial charge in [0.1, 0.15) is 6.10 Å². The molecule has 1 N–H and O–H groups in total. The lowest BCUT2D eigenvalue weighted by Crippen LogP contribution is -2.65. The number of carbonyl (C=O) groups excluding carboxylic acids is 1. The lowest BCUT2D eigenvalue weighted by atomic mass is 9.61. The Balaban J connectivity index is 1.17. The van der Waals surface area contributed by atoms with Gasteiger partial charge in [0.15, 0.2) is 11.4 Å². The van der Waals surface area contributed by atoms with Crippen molar-refractivity contribution < 1.29 is 23.0 Å². The minimum absolute atomic E-state index is 0.0312. The fourth-order valence-electron chi connectivity index (χ4n) is 6.35. The average molecular weight is 643 g/mol. The lowest BCUT2D eigenvalue weighted by molar-refractivity contribution is -0.0346. The molecule has 0 bridgehead atoms. The van der Waals surface area contributed by atoms with Gasteiger partial charge in [-0.3, -0.25) is 4.79 Å². The molecule has 1 saturated carbocycles. The second-order valence-corrected chi connectivity index (χ2v) is 12.5. The van der Waals surface area contributed by atoms with Gasteiger partial charge in [0.2, 0.25) is 5.88 Å². The first-order chi connectivity index (χ1) is 20.2. The van der Waals surface area contributed by atoms with E-state index in [1.165, 1.54) is 6.07 Å². The molecule has 0 radical (unpaired) electrons. The largest absolute Gasteiger partial charge is 0.488 e. The van der Waals surface area contributed by atoms with Gasteiger partial charge in [-0.1, -0.05) is 15.9 Å². The number of rotatable bonds is 9. The Bertz CT molecular complexity index is 1460. The van der Waals surface area contributed by atoms with Crippen LogP contribution in [0.5, 0.6) is 11.6 Å². The highest BCUT2D eigenvalue weighted by Gasteiger charge is 2.54. The number of hydrogen-bond donors (Lipinski definition) is 1. The van der Waals surface area contributed by atoms with Crippen molar-refractivity contribution in [2.24, 2.45) is 5.41 Å². The maximum Gasteiger partial charge on any atom is 0.274 e. The van der Waals surface area contributed by atoms with Crippen LogP contribution in [0.4, 0.5) is 14.5 Å². The van der Waals surface area contributed by atoms with Crippen molar-refractivity contribution in [1.29, 1.82) is 0 Å². The van der Waals surface area contributed by atoms with Crippen LogP contribution >= 0.6 is 15.9 Å². The van der Waals surface area contributed by atoms with E-state index in [9.17, 15) is 13.6 Å². The number of aromatic nitrogens is 2. The van der Waals surface area contributed by atoms with Crippen LogP contribution in [0.1, 0.15) is 48.7 Å². The van der Waals surface area contributed by atoms with Gasteiger partial charge in [-0.2, -0.15) is 0 Å².